The first-order valence-corrected chi connectivity index (χ1v) is 25.9. The molecule has 0 rings (SSSR count). The molecule has 0 spiro atoms. The maximum atomic E-state index is 12.7. The van der Waals surface area contributed by atoms with E-state index in [1.165, 1.54) is 103 Å². The van der Waals surface area contributed by atoms with Crippen LogP contribution in [0.15, 0.2) is 72.9 Å². The maximum absolute atomic E-state index is 12.7. The largest absolute Gasteiger partial charge is 0.462 e. The van der Waals surface area contributed by atoms with Crippen LogP contribution in [0.3, 0.4) is 0 Å². The number of rotatable bonds is 46. The first kappa shape index (κ1) is 58.9. The normalized spacial score (nSPS) is 12.6. The Kier molecular flexibility index (Phi) is 47.9. The molecule has 0 amide bonds. The number of ether oxygens (including phenoxy) is 3. The molecule has 6 heteroatoms. The number of hydrogen-bond donors (Lipinski definition) is 0. The summed E-state index contributed by atoms with van der Waals surface area (Å²) < 4.78 is 16.7. The first-order chi connectivity index (χ1) is 30.5. The summed E-state index contributed by atoms with van der Waals surface area (Å²) in [6, 6.07) is 0. The van der Waals surface area contributed by atoms with Gasteiger partial charge in [0.1, 0.15) is 13.2 Å². The number of carbonyl (C=O) groups excluding carboxylic acids is 3. The zero-order valence-electron chi connectivity index (χ0n) is 40.6. The number of allylic oxidation sites excluding steroid dienone is 12. The minimum absolute atomic E-state index is 0.0785. The summed E-state index contributed by atoms with van der Waals surface area (Å²) in [5.74, 6) is -0.901. The standard InChI is InChI=1S/C56H96O6/c1-4-7-10-13-16-18-20-22-23-24-25-26-27-28-29-30-31-32-33-35-36-38-40-43-46-49-55(58)61-52-53(51-60-54(57)48-45-42-15-12-9-6-3)62-56(59)50-47-44-41-39-37-34-21-19-17-14-11-8-5-2/h7,10,16,18,22-23,25-26,28-29,31-32,53H,4-6,8-9,11-15,17,19-21,24,27,30,33-52H2,1-3H3/b10-7-,18-16-,23-22-,26-25-,29-28-,32-31-. The van der Waals surface area contributed by atoms with Crippen molar-refractivity contribution < 1.29 is 28.6 Å². The monoisotopic (exact) mass is 865 g/mol. The average Bonchev–Trinajstić information content (AvgIpc) is 3.27. The van der Waals surface area contributed by atoms with E-state index in [0.717, 1.165) is 103 Å². The second-order valence-electron chi connectivity index (χ2n) is 17.1. The Bertz CT molecular complexity index is 1180. The Morgan fingerprint density at radius 3 is 0.984 bits per heavy atom. The van der Waals surface area contributed by atoms with E-state index in [1.807, 2.05) is 0 Å². The van der Waals surface area contributed by atoms with Crippen LogP contribution < -0.4 is 0 Å². The van der Waals surface area contributed by atoms with Crippen LogP contribution in [0.2, 0.25) is 0 Å². The zero-order chi connectivity index (χ0) is 45.1. The van der Waals surface area contributed by atoms with Crippen molar-refractivity contribution in [3.8, 4) is 0 Å². The molecule has 0 aliphatic rings. The van der Waals surface area contributed by atoms with Gasteiger partial charge in [0.25, 0.3) is 0 Å². The van der Waals surface area contributed by atoms with Gasteiger partial charge in [0, 0.05) is 19.3 Å². The highest BCUT2D eigenvalue weighted by atomic mass is 16.6. The van der Waals surface area contributed by atoms with Gasteiger partial charge in [-0.2, -0.15) is 0 Å². The highest BCUT2D eigenvalue weighted by molar-refractivity contribution is 5.71. The first-order valence-electron chi connectivity index (χ1n) is 25.9. The summed E-state index contributed by atoms with van der Waals surface area (Å²) in [5.41, 5.74) is 0. The fourth-order valence-electron chi connectivity index (χ4n) is 7.09. The van der Waals surface area contributed by atoms with Crippen LogP contribution in [0.1, 0.15) is 245 Å². The average molecular weight is 865 g/mol. The van der Waals surface area contributed by atoms with Gasteiger partial charge in [0.2, 0.25) is 0 Å². The molecule has 0 bridgehead atoms. The van der Waals surface area contributed by atoms with Gasteiger partial charge in [-0.15, -0.1) is 0 Å². The molecule has 356 valence electrons. The SMILES string of the molecule is CC/C=C\C/C=C\C/C=C\C/C=C\C/C=C\C/C=C\CCCCCCCCC(=O)OCC(COC(=O)CCCCCCCC)OC(=O)CCCCCCCCCCCCCCC. The quantitative estimate of drug-likeness (QED) is 0.0262. The van der Waals surface area contributed by atoms with Gasteiger partial charge < -0.3 is 14.2 Å². The zero-order valence-corrected chi connectivity index (χ0v) is 40.6. The second kappa shape index (κ2) is 50.5. The van der Waals surface area contributed by atoms with E-state index in [1.54, 1.807) is 0 Å². The predicted octanol–water partition coefficient (Wildman–Crippen LogP) is 17.0. The minimum atomic E-state index is -0.775. The molecular formula is C56H96O6. The molecule has 0 radical (unpaired) electrons. The molecule has 0 aromatic carbocycles. The summed E-state index contributed by atoms with van der Waals surface area (Å²) in [5, 5.41) is 0. The third-order valence-corrected chi connectivity index (χ3v) is 11.0. The molecule has 0 aromatic heterocycles. The Morgan fingerprint density at radius 1 is 0.339 bits per heavy atom. The van der Waals surface area contributed by atoms with Gasteiger partial charge in [-0.25, -0.2) is 0 Å². The highest BCUT2D eigenvalue weighted by Crippen LogP contribution is 2.15. The van der Waals surface area contributed by atoms with Crippen molar-refractivity contribution in [2.45, 2.75) is 252 Å². The summed E-state index contributed by atoms with van der Waals surface area (Å²) >= 11 is 0. The van der Waals surface area contributed by atoms with E-state index < -0.39 is 6.10 Å². The molecule has 0 aliphatic carbocycles. The van der Waals surface area contributed by atoms with Crippen LogP contribution in [0.25, 0.3) is 0 Å². The minimum Gasteiger partial charge on any atom is -0.462 e. The summed E-state index contributed by atoms with van der Waals surface area (Å²) in [4.78, 5) is 37.7. The van der Waals surface area contributed by atoms with Crippen LogP contribution in [0, 0.1) is 0 Å². The van der Waals surface area contributed by atoms with Crippen LogP contribution in [-0.4, -0.2) is 37.2 Å². The van der Waals surface area contributed by atoms with E-state index in [4.69, 9.17) is 14.2 Å². The lowest BCUT2D eigenvalue weighted by molar-refractivity contribution is -0.167. The van der Waals surface area contributed by atoms with Crippen molar-refractivity contribution in [1.82, 2.24) is 0 Å². The number of esters is 3. The van der Waals surface area contributed by atoms with Gasteiger partial charge in [-0.3, -0.25) is 14.4 Å². The van der Waals surface area contributed by atoms with Crippen molar-refractivity contribution in [1.29, 1.82) is 0 Å². The lowest BCUT2D eigenvalue weighted by Crippen LogP contribution is -2.30. The highest BCUT2D eigenvalue weighted by Gasteiger charge is 2.19. The van der Waals surface area contributed by atoms with Crippen LogP contribution in [-0.2, 0) is 28.6 Å². The van der Waals surface area contributed by atoms with Crippen molar-refractivity contribution in [2.24, 2.45) is 0 Å². The molecule has 62 heavy (non-hydrogen) atoms. The summed E-state index contributed by atoms with van der Waals surface area (Å²) in [7, 11) is 0. The number of hydrogen-bond acceptors (Lipinski definition) is 6. The van der Waals surface area contributed by atoms with E-state index in [9.17, 15) is 14.4 Å². The lowest BCUT2D eigenvalue weighted by atomic mass is 10.0. The summed E-state index contributed by atoms with van der Waals surface area (Å²) in [6.07, 6.45) is 63.4. The molecule has 0 N–H and O–H groups in total. The third-order valence-electron chi connectivity index (χ3n) is 11.0. The van der Waals surface area contributed by atoms with Crippen molar-refractivity contribution in [2.75, 3.05) is 13.2 Å². The molecule has 0 fully saturated rings. The van der Waals surface area contributed by atoms with Crippen molar-refractivity contribution in [3.05, 3.63) is 72.9 Å². The van der Waals surface area contributed by atoms with Crippen LogP contribution in [0.4, 0.5) is 0 Å². The predicted molar refractivity (Wildman–Crippen MR) is 265 cm³/mol. The fraction of sp³-hybridized carbons (Fsp3) is 0.732. The molecule has 0 saturated carbocycles. The molecule has 6 nitrogen and oxygen atoms in total. The van der Waals surface area contributed by atoms with Gasteiger partial charge >= 0.3 is 17.9 Å². The van der Waals surface area contributed by atoms with Gasteiger partial charge in [0.15, 0.2) is 6.10 Å². The smallest absolute Gasteiger partial charge is 0.306 e. The molecule has 1 unspecified atom stereocenters. The molecule has 0 heterocycles. The lowest BCUT2D eigenvalue weighted by Gasteiger charge is -2.18. The van der Waals surface area contributed by atoms with E-state index >= 15 is 0 Å². The van der Waals surface area contributed by atoms with Crippen LogP contribution >= 0.6 is 0 Å². The maximum Gasteiger partial charge on any atom is 0.306 e. The molecule has 1 atom stereocenters. The Labute approximate surface area is 382 Å². The molecule has 0 saturated heterocycles. The van der Waals surface area contributed by atoms with Crippen LogP contribution in [0.5, 0.6) is 0 Å². The number of carbonyl (C=O) groups is 3. The van der Waals surface area contributed by atoms with Crippen molar-refractivity contribution >= 4 is 17.9 Å². The Balaban J connectivity index is 4.19. The summed E-state index contributed by atoms with van der Waals surface area (Å²) in [6.45, 7) is 6.45. The Hall–Kier alpha value is -3.15. The van der Waals surface area contributed by atoms with Gasteiger partial charge in [-0.1, -0.05) is 229 Å². The Morgan fingerprint density at radius 2 is 0.629 bits per heavy atom. The van der Waals surface area contributed by atoms with E-state index in [2.05, 4.69) is 93.7 Å². The number of unbranched alkanes of at least 4 members (excludes halogenated alkanes) is 23. The topological polar surface area (TPSA) is 78.9 Å². The van der Waals surface area contributed by atoms with Gasteiger partial charge in [-0.05, 0) is 70.6 Å². The van der Waals surface area contributed by atoms with Gasteiger partial charge in [0.05, 0.1) is 0 Å². The molecular weight excluding hydrogens is 769 g/mol. The molecule has 0 aromatic rings. The second-order valence-corrected chi connectivity index (χ2v) is 17.1. The molecule has 0 aliphatic heterocycles. The fourth-order valence-corrected chi connectivity index (χ4v) is 7.09. The van der Waals surface area contributed by atoms with E-state index in [0.29, 0.717) is 19.3 Å². The third kappa shape index (κ3) is 47.9. The van der Waals surface area contributed by atoms with E-state index in [-0.39, 0.29) is 31.1 Å². The van der Waals surface area contributed by atoms with Crippen molar-refractivity contribution in [3.63, 3.8) is 0 Å².